The second kappa shape index (κ2) is 17.7. The summed E-state index contributed by atoms with van der Waals surface area (Å²) in [4.78, 5) is 12.5. The van der Waals surface area contributed by atoms with Gasteiger partial charge in [0.25, 0.3) is 0 Å². The Morgan fingerprint density at radius 3 is 1.94 bits per heavy atom. The van der Waals surface area contributed by atoms with Crippen molar-refractivity contribution in [2.75, 3.05) is 13.2 Å². The number of hydrogen-bond donors (Lipinski definition) is 11. The van der Waals surface area contributed by atoms with Gasteiger partial charge in [0.2, 0.25) is 0 Å². The summed E-state index contributed by atoms with van der Waals surface area (Å²) < 4.78 is 36.2. The van der Waals surface area contributed by atoms with Crippen LogP contribution in [-0.4, -0.2) is 180 Å². The van der Waals surface area contributed by atoms with Crippen LogP contribution in [0.15, 0.2) is 11.6 Å². The van der Waals surface area contributed by atoms with Gasteiger partial charge in [0.15, 0.2) is 25.0 Å². The van der Waals surface area contributed by atoms with E-state index in [9.17, 15) is 61.0 Å². The summed E-state index contributed by atoms with van der Waals surface area (Å²) in [7, 11) is 0. The second-order valence-corrected chi connectivity index (χ2v) is 23.6. The van der Waals surface area contributed by atoms with Crippen LogP contribution in [0.1, 0.15) is 113 Å². The maximum Gasteiger partial charge on any atom is 0.335 e. The summed E-state index contributed by atoms with van der Waals surface area (Å²) in [5.74, 6) is -1.16. The highest BCUT2D eigenvalue weighted by Gasteiger charge is 2.70. The molecule has 7 fully saturated rings. The van der Waals surface area contributed by atoms with Crippen molar-refractivity contribution in [2.45, 2.75) is 218 Å². The van der Waals surface area contributed by atoms with E-state index >= 15 is 0 Å². The van der Waals surface area contributed by atoms with Gasteiger partial charge in [-0.1, -0.05) is 60.1 Å². The summed E-state index contributed by atoms with van der Waals surface area (Å²) in [6, 6.07) is 0. The number of hydrogen-bond acceptors (Lipinski definition) is 17. The third-order valence-corrected chi connectivity index (χ3v) is 19.5. The fourth-order valence-electron chi connectivity index (χ4n) is 15.1. The van der Waals surface area contributed by atoms with Crippen LogP contribution in [0, 0.1) is 50.2 Å². The number of carbonyl (C=O) groups is 1. The Balaban J connectivity index is 1.08. The number of rotatable bonds is 9. The number of fused-ring (bicyclic) bond motifs is 7. The van der Waals surface area contributed by atoms with Gasteiger partial charge >= 0.3 is 5.97 Å². The van der Waals surface area contributed by atoms with Gasteiger partial charge in [0.05, 0.1) is 31.5 Å². The molecule has 8 rings (SSSR count). The Labute approximate surface area is 387 Å². The summed E-state index contributed by atoms with van der Waals surface area (Å²) in [6.07, 6.45) is -17.6. The van der Waals surface area contributed by atoms with Gasteiger partial charge in [-0.05, 0) is 104 Å². The molecule has 0 aromatic heterocycles. The van der Waals surface area contributed by atoms with Crippen molar-refractivity contribution in [3.8, 4) is 0 Å². The fourth-order valence-corrected chi connectivity index (χ4v) is 15.1. The molecule has 0 radical (unpaired) electrons. The second-order valence-electron chi connectivity index (χ2n) is 23.6. The summed E-state index contributed by atoms with van der Waals surface area (Å²) in [6.45, 7) is 16.3. The van der Waals surface area contributed by atoms with Gasteiger partial charge in [-0.2, -0.15) is 0 Å². The van der Waals surface area contributed by atoms with E-state index < -0.39 is 116 Å². The average Bonchev–Trinajstić information content (AvgIpc) is 3.25. The lowest BCUT2D eigenvalue weighted by Crippen LogP contribution is -2.68. The molecule has 0 aromatic carbocycles. The maximum atomic E-state index is 12.5. The number of aliphatic hydroxyl groups is 10. The van der Waals surface area contributed by atoms with Crippen LogP contribution < -0.4 is 0 Å². The Morgan fingerprint density at radius 2 is 1.30 bits per heavy atom. The monoisotopic (exact) mass is 943 g/mol. The largest absolute Gasteiger partial charge is 0.479 e. The lowest BCUT2D eigenvalue weighted by atomic mass is 9.33. The highest BCUT2D eigenvalue weighted by Crippen LogP contribution is 2.76. The molecule has 8 aliphatic rings. The number of aliphatic hydroxyl groups excluding tert-OH is 10. The predicted octanol–water partition coefficient (Wildman–Crippen LogP) is 0.705. The molecule has 378 valence electrons. The molecule has 11 N–H and O–H groups in total. The van der Waals surface area contributed by atoms with Crippen LogP contribution in [-0.2, 0) is 33.2 Å². The summed E-state index contributed by atoms with van der Waals surface area (Å²) in [5, 5.41) is 120. The van der Waals surface area contributed by atoms with E-state index in [-0.39, 0.29) is 57.5 Å². The molecule has 0 bridgehead atoms. The standard InChI is InChI=1S/C48H78O18/c1-21-29(52)31(54)35(58)40(61-21)65-37-32(55)30(53)24(19-49)62-41(37)66-38-34(57)33(56)36(39(59)60)64-42(38)63-28-12-13-45(5)25(46(28,6)20-50)11-14-48(8)26(45)10-9-22-23-17-43(2,3)18-27(51)44(23,4)15-16-47(22,48)7/h9,21,23-38,40-42,49-58H,10-20H2,1-8H3,(H,59,60)/t21?,23?,24?,25?,26?,27-,28+,29+,30+,31?,32?,33+,34?,35?,36?,37?,38?,40+,41+,42-,44-,45+,46-,47-,48-/m1/s1. The smallest absolute Gasteiger partial charge is 0.335 e. The number of aliphatic carboxylic acids is 1. The molecule has 4 saturated carbocycles. The van der Waals surface area contributed by atoms with Crippen molar-refractivity contribution in [3.05, 3.63) is 11.6 Å². The summed E-state index contributed by atoms with van der Waals surface area (Å²) in [5.41, 5.74) is -0.0545. The number of carboxylic acid groups (broad SMARTS) is 1. The summed E-state index contributed by atoms with van der Waals surface area (Å²) >= 11 is 0. The Morgan fingerprint density at radius 1 is 0.667 bits per heavy atom. The van der Waals surface area contributed by atoms with Gasteiger partial charge in [-0.15, -0.1) is 0 Å². The molecule has 18 heteroatoms. The molecule has 3 aliphatic heterocycles. The van der Waals surface area contributed by atoms with Crippen molar-refractivity contribution in [1.29, 1.82) is 0 Å². The third kappa shape index (κ3) is 7.78. The van der Waals surface area contributed by atoms with Gasteiger partial charge in [-0.25, -0.2) is 4.79 Å². The zero-order chi connectivity index (χ0) is 48.4. The quantitative estimate of drug-likeness (QED) is 0.112. The molecule has 3 heterocycles. The highest BCUT2D eigenvalue weighted by atomic mass is 16.8. The molecule has 0 aromatic rings. The lowest BCUT2D eigenvalue weighted by molar-refractivity contribution is -0.396. The molecule has 5 aliphatic carbocycles. The van der Waals surface area contributed by atoms with E-state index in [0.717, 1.165) is 44.9 Å². The molecule has 66 heavy (non-hydrogen) atoms. The molecule has 3 saturated heterocycles. The van der Waals surface area contributed by atoms with Crippen LogP contribution in [0.2, 0.25) is 0 Å². The molecule has 12 unspecified atom stereocenters. The van der Waals surface area contributed by atoms with Crippen molar-refractivity contribution < 1.29 is 89.4 Å². The Hall–Kier alpha value is -1.43. The first kappa shape index (κ1) is 50.9. The predicted molar refractivity (Wildman–Crippen MR) is 231 cm³/mol. The first-order valence-corrected chi connectivity index (χ1v) is 24.3. The van der Waals surface area contributed by atoms with Crippen LogP contribution in [0.4, 0.5) is 0 Å². The van der Waals surface area contributed by atoms with Crippen molar-refractivity contribution >= 4 is 5.97 Å². The Bertz CT molecular complexity index is 1820. The van der Waals surface area contributed by atoms with Crippen LogP contribution >= 0.6 is 0 Å². The van der Waals surface area contributed by atoms with Gasteiger partial charge in [-0.3, -0.25) is 0 Å². The Kier molecular flexibility index (Phi) is 13.7. The van der Waals surface area contributed by atoms with Crippen molar-refractivity contribution in [3.63, 3.8) is 0 Å². The minimum Gasteiger partial charge on any atom is -0.479 e. The molecular formula is C48H78O18. The third-order valence-electron chi connectivity index (χ3n) is 19.5. The molecule has 18 nitrogen and oxygen atoms in total. The SMILES string of the molecule is CC1O[C@@H](OC2C(O)[C@@H](O)C(CO)O[C@H]2OC2C(O)[C@H](O)C(C(=O)O)O[C@H]2O[C@H]2CC[C@@]3(C)C(CC[C@]4(C)C3CC=C3C5CC(C)(C)C[C@@H](O)[C@]5(C)CC[C@]34C)[C@@]2(C)CO)C(O)C(O)[C@H]1O. The van der Waals surface area contributed by atoms with Crippen molar-refractivity contribution in [1.82, 2.24) is 0 Å². The molecular weight excluding hydrogens is 865 g/mol. The van der Waals surface area contributed by atoms with Crippen LogP contribution in [0.3, 0.4) is 0 Å². The van der Waals surface area contributed by atoms with E-state index in [1.165, 1.54) is 12.5 Å². The topological polar surface area (TPSA) is 295 Å². The average molecular weight is 943 g/mol. The van der Waals surface area contributed by atoms with Gasteiger partial charge in [0.1, 0.15) is 61.0 Å². The van der Waals surface area contributed by atoms with Crippen molar-refractivity contribution in [2.24, 2.45) is 50.2 Å². The number of carboxylic acids is 1. The van der Waals surface area contributed by atoms with E-state index in [1.807, 2.05) is 6.92 Å². The normalized spacial score (nSPS) is 55.9. The van der Waals surface area contributed by atoms with Crippen LogP contribution in [0.5, 0.6) is 0 Å². The first-order chi connectivity index (χ1) is 30.7. The van der Waals surface area contributed by atoms with Crippen LogP contribution in [0.25, 0.3) is 0 Å². The fraction of sp³-hybridized carbons (Fsp3) is 0.938. The highest BCUT2D eigenvalue weighted by molar-refractivity contribution is 5.73. The van der Waals surface area contributed by atoms with E-state index in [4.69, 9.17) is 28.4 Å². The number of ether oxygens (including phenoxy) is 6. The van der Waals surface area contributed by atoms with E-state index in [0.29, 0.717) is 12.8 Å². The number of allylic oxidation sites excluding steroid dienone is 2. The lowest BCUT2D eigenvalue weighted by Gasteiger charge is -2.72. The molecule has 0 spiro atoms. The molecule has 25 atom stereocenters. The molecule has 0 amide bonds. The first-order valence-electron chi connectivity index (χ1n) is 24.3. The van der Waals surface area contributed by atoms with E-state index in [2.05, 4.69) is 47.6 Å². The van der Waals surface area contributed by atoms with Gasteiger partial charge < -0.3 is 84.6 Å². The maximum absolute atomic E-state index is 12.5. The minimum atomic E-state index is -2.07. The van der Waals surface area contributed by atoms with E-state index in [1.54, 1.807) is 0 Å². The zero-order valence-corrected chi connectivity index (χ0v) is 39.7. The van der Waals surface area contributed by atoms with Gasteiger partial charge in [0, 0.05) is 10.8 Å². The zero-order valence-electron chi connectivity index (χ0n) is 39.7. The minimum absolute atomic E-state index is 0.0166.